The van der Waals surface area contributed by atoms with E-state index in [1.807, 2.05) is 18.2 Å². The first kappa shape index (κ1) is 13.1. The Bertz CT molecular complexity index is 523. The van der Waals surface area contributed by atoms with Crippen LogP contribution in [0.4, 0.5) is 0 Å². The molecule has 0 amide bonds. The zero-order valence-electron chi connectivity index (χ0n) is 10.3. The van der Waals surface area contributed by atoms with Gasteiger partial charge in [-0.1, -0.05) is 45.8 Å². The van der Waals surface area contributed by atoms with Crippen LogP contribution in [0.5, 0.6) is 5.75 Å². The summed E-state index contributed by atoms with van der Waals surface area (Å²) in [5.41, 5.74) is 9.13. The summed E-state index contributed by atoms with van der Waals surface area (Å²) in [6.07, 6.45) is 0. The van der Waals surface area contributed by atoms with Crippen molar-refractivity contribution in [2.45, 2.75) is 20.1 Å². The van der Waals surface area contributed by atoms with Gasteiger partial charge >= 0.3 is 0 Å². The predicted molar refractivity (Wildman–Crippen MR) is 77.5 cm³/mol. The molecule has 2 rings (SSSR count). The summed E-state index contributed by atoms with van der Waals surface area (Å²) in [5.74, 6) is 0.847. The van der Waals surface area contributed by atoms with Gasteiger partial charge in [0.2, 0.25) is 0 Å². The summed E-state index contributed by atoms with van der Waals surface area (Å²) in [7, 11) is 0. The van der Waals surface area contributed by atoms with Crippen LogP contribution < -0.4 is 10.5 Å². The lowest BCUT2D eigenvalue weighted by molar-refractivity contribution is 0.306. The van der Waals surface area contributed by atoms with Crippen LogP contribution in [0.1, 0.15) is 16.7 Å². The second-order valence-electron chi connectivity index (χ2n) is 4.23. The molecular formula is C15H16BrNO. The molecule has 0 radical (unpaired) electrons. The Balaban J connectivity index is 2.04. The summed E-state index contributed by atoms with van der Waals surface area (Å²) in [6.45, 7) is 3.15. The maximum Gasteiger partial charge on any atom is 0.120 e. The van der Waals surface area contributed by atoms with Gasteiger partial charge in [-0.25, -0.2) is 0 Å². The number of aryl methyl sites for hydroxylation is 1. The highest BCUT2D eigenvalue weighted by Crippen LogP contribution is 2.22. The van der Waals surface area contributed by atoms with Gasteiger partial charge in [0, 0.05) is 11.0 Å². The van der Waals surface area contributed by atoms with E-state index in [-0.39, 0.29) is 0 Å². The van der Waals surface area contributed by atoms with Crippen LogP contribution >= 0.6 is 15.9 Å². The maximum absolute atomic E-state index is 5.75. The SMILES string of the molecule is Cc1ccc(COc2ccc(Br)c(CN)c2)cc1. The van der Waals surface area contributed by atoms with E-state index < -0.39 is 0 Å². The van der Waals surface area contributed by atoms with Crippen LogP contribution in [0.2, 0.25) is 0 Å². The van der Waals surface area contributed by atoms with Crippen molar-refractivity contribution in [1.29, 1.82) is 0 Å². The molecule has 2 N–H and O–H groups in total. The van der Waals surface area contributed by atoms with E-state index in [4.69, 9.17) is 10.5 Å². The highest BCUT2D eigenvalue weighted by Gasteiger charge is 2.01. The topological polar surface area (TPSA) is 35.2 Å². The molecule has 0 aliphatic rings. The molecule has 0 atom stereocenters. The minimum Gasteiger partial charge on any atom is -0.489 e. The largest absolute Gasteiger partial charge is 0.489 e. The average Bonchev–Trinajstić information content (AvgIpc) is 2.39. The second kappa shape index (κ2) is 6.03. The van der Waals surface area contributed by atoms with E-state index in [9.17, 15) is 0 Å². The lowest BCUT2D eigenvalue weighted by atomic mass is 10.2. The number of rotatable bonds is 4. The third-order valence-electron chi connectivity index (χ3n) is 2.76. The molecule has 3 heteroatoms. The molecule has 2 aromatic rings. The number of halogens is 1. The van der Waals surface area contributed by atoms with Gasteiger partial charge in [0.1, 0.15) is 12.4 Å². The number of benzene rings is 2. The van der Waals surface area contributed by atoms with E-state index in [1.165, 1.54) is 5.56 Å². The molecule has 0 aromatic heterocycles. The van der Waals surface area contributed by atoms with E-state index in [1.54, 1.807) is 0 Å². The summed E-state index contributed by atoms with van der Waals surface area (Å²) >= 11 is 3.46. The number of hydrogen-bond donors (Lipinski definition) is 1. The monoisotopic (exact) mass is 305 g/mol. The van der Waals surface area contributed by atoms with Crippen molar-refractivity contribution in [3.05, 3.63) is 63.6 Å². The smallest absolute Gasteiger partial charge is 0.120 e. The Morgan fingerprint density at radius 3 is 2.50 bits per heavy atom. The Kier molecular flexibility index (Phi) is 4.39. The van der Waals surface area contributed by atoms with Crippen molar-refractivity contribution in [2.75, 3.05) is 0 Å². The van der Waals surface area contributed by atoms with Gasteiger partial charge in [-0.3, -0.25) is 0 Å². The molecule has 2 nitrogen and oxygen atoms in total. The quantitative estimate of drug-likeness (QED) is 0.932. The Labute approximate surface area is 116 Å². The van der Waals surface area contributed by atoms with Gasteiger partial charge in [-0.05, 0) is 36.2 Å². The minimum atomic E-state index is 0.502. The molecule has 0 spiro atoms. The van der Waals surface area contributed by atoms with E-state index in [2.05, 4.69) is 47.1 Å². The van der Waals surface area contributed by atoms with E-state index in [0.717, 1.165) is 21.3 Å². The molecule has 94 valence electrons. The Hall–Kier alpha value is -1.32. The van der Waals surface area contributed by atoms with Crippen LogP contribution in [0.25, 0.3) is 0 Å². The molecule has 0 aliphatic carbocycles. The normalized spacial score (nSPS) is 10.4. The van der Waals surface area contributed by atoms with Gasteiger partial charge in [0.05, 0.1) is 0 Å². The lowest BCUT2D eigenvalue weighted by Gasteiger charge is -2.09. The zero-order valence-corrected chi connectivity index (χ0v) is 11.9. The molecule has 18 heavy (non-hydrogen) atoms. The summed E-state index contributed by atoms with van der Waals surface area (Å²) in [4.78, 5) is 0. The molecule has 0 aliphatic heterocycles. The standard InChI is InChI=1S/C15H16BrNO/c1-11-2-4-12(5-3-11)10-18-14-6-7-15(16)13(8-14)9-17/h2-8H,9-10,17H2,1H3. The van der Waals surface area contributed by atoms with Crippen LogP contribution in [0, 0.1) is 6.92 Å². The summed E-state index contributed by atoms with van der Waals surface area (Å²) in [5, 5.41) is 0. The maximum atomic E-state index is 5.75. The van der Waals surface area contributed by atoms with Crippen LogP contribution in [-0.4, -0.2) is 0 Å². The van der Waals surface area contributed by atoms with Gasteiger partial charge in [-0.15, -0.1) is 0 Å². The fourth-order valence-corrected chi connectivity index (χ4v) is 2.06. The first-order valence-electron chi connectivity index (χ1n) is 5.86. The molecule has 0 bridgehead atoms. The number of nitrogens with two attached hydrogens (primary N) is 1. The third-order valence-corrected chi connectivity index (χ3v) is 3.54. The molecule has 0 saturated carbocycles. The molecule has 0 heterocycles. The van der Waals surface area contributed by atoms with Crippen molar-refractivity contribution in [1.82, 2.24) is 0 Å². The fraction of sp³-hybridized carbons (Fsp3) is 0.200. The average molecular weight is 306 g/mol. The summed E-state index contributed by atoms with van der Waals surface area (Å²) < 4.78 is 6.77. The van der Waals surface area contributed by atoms with Crippen LogP contribution in [0.3, 0.4) is 0 Å². The van der Waals surface area contributed by atoms with Crippen molar-refractivity contribution in [3.63, 3.8) is 0 Å². The Morgan fingerprint density at radius 1 is 1.11 bits per heavy atom. The molecule has 2 aromatic carbocycles. The molecule has 0 unspecified atom stereocenters. The number of hydrogen-bond acceptors (Lipinski definition) is 2. The van der Waals surface area contributed by atoms with Crippen LogP contribution in [-0.2, 0) is 13.2 Å². The van der Waals surface area contributed by atoms with E-state index >= 15 is 0 Å². The zero-order chi connectivity index (χ0) is 13.0. The van der Waals surface area contributed by atoms with E-state index in [0.29, 0.717) is 13.2 Å². The highest BCUT2D eigenvalue weighted by molar-refractivity contribution is 9.10. The lowest BCUT2D eigenvalue weighted by Crippen LogP contribution is -2.00. The second-order valence-corrected chi connectivity index (χ2v) is 5.09. The van der Waals surface area contributed by atoms with Crippen molar-refractivity contribution in [2.24, 2.45) is 5.73 Å². The van der Waals surface area contributed by atoms with Crippen LogP contribution in [0.15, 0.2) is 46.9 Å². The van der Waals surface area contributed by atoms with Crippen molar-refractivity contribution < 1.29 is 4.74 Å². The molecule has 0 fully saturated rings. The minimum absolute atomic E-state index is 0.502. The van der Waals surface area contributed by atoms with Gasteiger partial charge in [0.25, 0.3) is 0 Å². The Morgan fingerprint density at radius 2 is 1.83 bits per heavy atom. The summed E-state index contributed by atoms with van der Waals surface area (Å²) in [6, 6.07) is 14.2. The molecular weight excluding hydrogens is 290 g/mol. The first-order valence-corrected chi connectivity index (χ1v) is 6.65. The highest BCUT2D eigenvalue weighted by atomic mass is 79.9. The van der Waals surface area contributed by atoms with Crippen molar-refractivity contribution in [3.8, 4) is 5.75 Å². The van der Waals surface area contributed by atoms with Crippen molar-refractivity contribution >= 4 is 15.9 Å². The molecule has 0 saturated heterocycles. The van der Waals surface area contributed by atoms with Gasteiger partial charge in [-0.2, -0.15) is 0 Å². The third kappa shape index (κ3) is 3.34. The van der Waals surface area contributed by atoms with Gasteiger partial charge in [0.15, 0.2) is 0 Å². The number of ether oxygens (including phenoxy) is 1. The van der Waals surface area contributed by atoms with Gasteiger partial charge < -0.3 is 10.5 Å². The first-order chi connectivity index (χ1) is 8.69. The fourth-order valence-electron chi connectivity index (χ4n) is 1.65. The predicted octanol–water partition coefficient (Wildman–Crippen LogP) is 3.80.